The molecule has 2 nitrogen and oxygen atoms in total. The summed E-state index contributed by atoms with van der Waals surface area (Å²) in [5, 5.41) is 0. The van der Waals surface area contributed by atoms with E-state index in [9.17, 15) is 0 Å². The maximum atomic E-state index is 5.65. The molecule has 0 saturated heterocycles. The molecule has 0 amide bonds. The summed E-state index contributed by atoms with van der Waals surface area (Å²) in [7, 11) is 0. The van der Waals surface area contributed by atoms with Crippen molar-refractivity contribution in [1.29, 1.82) is 0 Å². The summed E-state index contributed by atoms with van der Waals surface area (Å²) in [4.78, 5) is 1.32. The van der Waals surface area contributed by atoms with Gasteiger partial charge in [-0.25, -0.2) is 0 Å². The molecule has 2 aromatic carbocycles. The van der Waals surface area contributed by atoms with Crippen molar-refractivity contribution in [1.82, 2.24) is 0 Å². The lowest BCUT2D eigenvalue weighted by molar-refractivity contribution is 0.344. The molecule has 2 rings (SSSR count). The molecule has 0 radical (unpaired) electrons. The summed E-state index contributed by atoms with van der Waals surface area (Å²) < 4.78 is 5.65. The number of thioether (sulfide) groups is 1. The lowest BCUT2D eigenvalue weighted by Gasteiger charge is -2.07. The molecule has 0 aliphatic carbocycles. The number of aryl methyl sites for hydroxylation is 1. The molecule has 0 heterocycles. The Morgan fingerprint density at radius 3 is 2.50 bits per heavy atom. The van der Waals surface area contributed by atoms with E-state index in [0.29, 0.717) is 6.61 Å². The SMILES string of the molecule is Cc1ccccc1SCCOc1ccc(N)cc1. The van der Waals surface area contributed by atoms with Crippen LogP contribution in [0.4, 0.5) is 5.69 Å². The van der Waals surface area contributed by atoms with Crippen LogP contribution in [-0.2, 0) is 0 Å². The van der Waals surface area contributed by atoms with Crippen LogP contribution in [0.2, 0.25) is 0 Å². The van der Waals surface area contributed by atoms with Crippen molar-refractivity contribution in [3.8, 4) is 5.75 Å². The first-order valence-corrected chi connectivity index (χ1v) is 6.91. The van der Waals surface area contributed by atoms with Crippen molar-refractivity contribution in [2.75, 3.05) is 18.1 Å². The van der Waals surface area contributed by atoms with Crippen LogP contribution in [0.25, 0.3) is 0 Å². The fraction of sp³-hybridized carbons (Fsp3) is 0.200. The van der Waals surface area contributed by atoms with Gasteiger partial charge in [-0.05, 0) is 42.8 Å². The Kier molecular flexibility index (Phi) is 4.53. The Morgan fingerprint density at radius 1 is 1.06 bits per heavy atom. The fourth-order valence-corrected chi connectivity index (χ4v) is 2.45. The zero-order chi connectivity index (χ0) is 12.8. The Balaban J connectivity index is 1.76. The maximum absolute atomic E-state index is 5.65. The summed E-state index contributed by atoms with van der Waals surface area (Å²) in [6, 6.07) is 15.9. The second-order valence-electron chi connectivity index (χ2n) is 4.03. The Hall–Kier alpha value is -1.61. The van der Waals surface area contributed by atoms with Crippen molar-refractivity contribution in [2.45, 2.75) is 11.8 Å². The number of nitrogen functional groups attached to an aromatic ring is 1. The summed E-state index contributed by atoms with van der Waals surface area (Å²) in [5.74, 6) is 1.81. The first-order valence-electron chi connectivity index (χ1n) is 5.92. The van der Waals surface area contributed by atoms with Crippen molar-refractivity contribution in [2.24, 2.45) is 0 Å². The summed E-state index contributed by atoms with van der Waals surface area (Å²) in [5.41, 5.74) is 7.69. The van der Waals surface area contributed by atoms with Crippen LogP contribution in [-0.4, -0.2) is 12.4 Å². The van der Waals surface area contributed by atoms with Gasteiger partial charge in [-0.15, -0.1) is 11.8 Å². The van der Waals surface area contributed by atoms with E-state index in [2.05, 4.69) is 31.2 Å². The molecule has 0 saturated carbocycles. The lowest BCUT2D eigenvalue weighted by Crippen LogP contribution is -2.00. The van der Waals surface area contributed by atoms with Crippen molar-refractivity contribution < 1.29 is 4.74 Å². The third-order valence-electron chi connectivity index (χ3n) is 2.58. The third-order valence-corrected chi connectivity index (χ3v) is 3.72. The van der Waals surface area contributed by atoms with E-state index in [1.54, 1.807) is 0 Å². The monoisotopic (exact) mass is 259 g/mol. The molecule has 0 unspecified atom stereocenters. The molecule has 0 fully saturated rings. The van der Waals surface area contributed by atoms with Crippen LogP contribution in [0.5, 0.6) is 5.75 Å². The molecule has 2 aromatic rings. The first-order chi connectivity index (χ1) is 8.75. The second kappa shape index (κ2) is 6.36. The van der Waals surface area contributed by atoms with E-state index in [4.69, 9.17) is 10.5 Å². The van der Waals surface area contributed by atoms with Crippen LogP contribution in [0.15, 0.2) is 53.4 Å². The number of hydrogen-bond acceptors (Lipinski definition) is 3. The molecule has 0 aliphatic heterocycles. The lowest BCUT2D eigenvalue weighted by atomic mass is 10.2. The third kappa shape index (κ3) is 3.70. The average Bonchev–Trinajstić information content (AvgIpc) is 2.39. The number of nitrogens with two attached hydrogens (primary N) is 1. The van der Waals surface area contributed by atoms with Gasteiger partial charge in [-0.2, -0.15) is 0 Å². The number of benzene rings is 2. The normalized spacial score (nSPS) is 10.3. The molecule has 18 heavy (non-hydrogen) atoms. The van der Waals surface area contributed by atoms with Gasteiger partial charge in [0.2, 0.25) is 0 Å². The molecule has 2 N–H and O–H groups in total. The fourth-order valence-electron chi connectivity index (χ4n) is 1.59. The van der Waals surface area contributed by atoms with Crippen LogP contribution in [0.3, 0.4) is 0 Å². The van der Waals surface area contributed by atoms with Gasteiger partial charge >= 0.3 is 0 Å². The Labute approximate surface area is 112 Å². The minimum absolute atomic E-state index is 0.697. The predicted molar refractivity (Wildman–Crippen MR) is 78.3 cm³/mol. The summed E-state index contributed by atoms with van der Waals surface area (Å²) in [6.07, 6.45) is 0. The molecule has 0 spiro atoms. The number of ether oxygens (including phenoxy) is 1. The van der Waals surface area contributed by atoms with Crippen molar-refractivity contribution in [3.63, 3.8) is 0 Å². The van der Waals surface area contributed by atoms with Crippen LogP contribution in [0.1, 0.15) is 5.56 Å². The smallest absolute Gasteiger partial charge is 0.119 e. The first kappa shape index (κ1) is 12.8. The van der Waals surface area contributed by atoms with Gasteiger partial charge in [0, 0.05) is 16.3 Å². The summed E-state index contributed by atoms with van der Waals surface area (Å²) in [6.45, 7) is 2.83. The van der Waals surface area contributed by atoms with Crippen molar-refractivity contribution in [3.05, 3.63) is 54.1 Å². The molecular weight excluding hydrogens is 242 g/mol. The van der Waals surface area contributed by atoms with Gasteiger partial charge in [-0.3, -0.25) is 0 Å². The number of rotatable bonds is 5. The number of hydrogen-bond donors (Lipinski definition) is 1. The molecule has 0 aliphatic rings. The second-order valence-corrected chi connectivity index (χ2v) is 5.17. The zero-order valence-electron chi connectivity index (χ0n) is 10.4. The highest BCUT2D eigenvalue weighted by molar-refractivity contribution is 7.99. The highest BCUT2D eigenvalue weighted by Crippen LogP contribution is 2.22. The standard InChI is InChI=1S/C15H17NOS/c1-12-4-2-3-5-15(12)18-11-10-17-14-8-6-13(16)7-9-14/h2-9H,10-11,16H2,1H3. The van der Waals surface area contributed by atoms with Gasteiger partial charge in [0.1, 0.15) is 5.75 Å². The van der Waals surface area contributed by atoms with E-state index in [1.807, 2.05) is 36.0 Å². The van der Waals surface area contributed by atoms with E-state index in [-0.39, 0.29) is 0 Å². The minimum atomic E-state index is 0.697. The van der Waals surface area contributed by atoms with E-state index in [0.717, 1.165) is 17.2 Å². The van der Waals surface area contributed by atoms with Gasteiger partial charge < -0.3 is 10.5 Å². The molecule has 0 atom stereocenters. The highest BCUT2D eigenvalue weighted by atomic mass is 32.2. The van der Waals surface area contributed by atoms with Crippen LogP contribution in [0, 0.1) is 6.92 Å². The quantitative estimate of drug-likeness (QED) is 0.504. The largest absolute Gasteiger partial charge is 0.493 e. The van der Waals surface area contributed by atoms with Gasteiger partial charge in [0.15, 0.2) is 0 Å². The van der Waals surface area contributed by atoms with Crippen molar-refractivity contribution >= 4 is 17.4 Å². The Morgan fingerprint density at radius 2 is 1.78 bits per heavy atom. The maximum Gasteiger partial charge on any atom is 0.119 e. The van der Waals surface area contributed by atoms with E-state index < -0.39 is 0 Å². The molecule has 0 aromatic heterocycles. The van der Waals surface area contributed by atoms with Gasteiger partial charge in [-0.1, -0.05) is 18.2 Å². The summed E-state index contributed by atoms with van der Waals surface area (Å²) >= 11 is 1.82. The van der Waals surface area contributed by atoms with Crippen LogP contribution >= 0.6 is 11.8 Å². The van der Waals surface area contributed by atoms with E-state index >= 15 is 0 Å². The average molecular weight is 259 g/mol. The Bertz CT molecular complexity index is 496. The molecule has 0 bridgehead atoms. The van der Waals surface area contributed by atoms with Gasteiger partial charge in [0.25, 0.3) is 0 Å². The zero-order valence-corrected chi connectivity index (χ0v) is 11.2. The highest BCUT2D eigenvalue weighted by Gasteiger charge is 1.98. The number of anilines is 1. The molecule has 94 valence electrons. The van der Waals surface area contributed by atoms with Gasteiger partial charge in [0.05, 0.1) is 6.61 Å². The van der Waals surface area contributed by atoms with E-state index in [1.165, 1.54) is 10.5 Å². The molecular formula is C15H17NOS. The topological polar surface area (TPSA) is 35.2 Å². The minimum Gasteiger partial charge on any atom is -0.493 e. The molecule has 3 heteroatoms. The van der Waals surface area contributed by atoms with Crippen LogP contribution < -0.4 is 10.5 Å². The predicted octanol–water partition coefficient (Wildman–Crippen LogP) is 3.75.